The molecule has 0 radical (unpaired) electrons. The van der Waals surface area contributed by atoms with Crippen LogP contribution in [0.4, 0.5) is 4.39 Å². The van der Waals surface area contributed by atoms with Gasteiger partial charge in [0.1, 0.15) is 5.82 Å². The standard InChI is InChI=1S/C24H32FNO2/c1-5-7-8-10-19-22(17-11-13-18(25)14-12-17)20(15-27)23(16(3)4)26-24(19)21(28)9-6-2/h6,11-14,16,21,27-28H,2,5,7-10,15H2,1,3-4H3. The van der Waals surface area contributed by atoms with Crippen molar-refractivity contribution in [1.82, 2.24) is 4.98 Å². The molecule has 0 aliphatic rings. The monoisotopic (exact) mass is 385 g/mol. The third kappa shape index (κ3) is 5.06. The molecule has 4 heteroatoms. The Balaban J connectivity index is 2.80. The minimum Gasteiger partial charge on any atom is -0.392 e. The zero-order valence-electron chi connectivity index (χ0n) is 17.2. The number of aliphatic hydroxyl groups is 2. The Morgan fingerprint density at radius 1 is 1.11 bits per heavy atom. The predicted molar refractivity (Wildman–Crippen MR) is 113 cm³/mol. The average Bonchev–Trinajstić information content (AvgIpc) is 2.68. The van der Waals surface area contributed by atoms with Gasteiger partial charge in [0.2, 0.25) is 0 Å². The van der Waals surface area contributed by atoms with E-state index in [4.69, 9.17) is 4.98 Å². The van der Waals surface area contributed by atoms with Gasteiger partial charge in [-0.05, 0) is 54.0 Å². The van der Waals surface area contributed by atoms with E-state index in [0.717, 1.165) is 53.6 Å². The van der Waals surface area contributed by atoms with Gasteiger partial charge in [-0.25, -0.2) is 4.39 Å². The number of hydrogen-bond donors (Lipinski definition) is 2. The second kappa shape index (κ2) is 10.5. The lowest BCUT2D eigenvalue weighted by atomic mass is 9.86. The summed E-state index contributed by atoms with van der Waals surface area (Å²) in [5.41, 5.74) is 4.87. The number of halogens is 1. The molecule has 1 atom stereocenters. The van der Waals surface area contributed by atoms with Gasteiger partial charge in [-0.2, -0.15) is 0 Å². The summed E-state index contributed by atoms with van der Waals surface area (Å²) in [6.07, 6.45) is 5.22. The summed E-state index contributed by atoms with van der Waals surface area (Å²) >= 11 is 0. The smallest absolute Gasteiger partial charge is 0.123 e. The Hall–Kier alpha value is -2.04. The molecule has 1 aromatic carbocycles. The largest absolute Gasteiger partial charge is 0.392 e. The van der Waals surface area contributed by atoms with E-state index < -0.39 is 6.10 Å². The van der Waals surface area contributed by atoms with Crippen LogP contribution in [0.1, 0.15) is 81.0 Å². The highest BCUT2D eigenvalue weighted by atomic mass is 19.1. The number of hydrogen-bond acceptors (Lipinski definition) is 3. The molecule has 152 valence electrons. The molecule has 0 aliphatic heterocycles. The van der Waals surface area contributed by atoms with Crippen LogP contribution < -0.4 is 0 Å². The van der Waals surface area contributed by atoms with Crippen LogP contribution in [0.2, 0.25) is 0 Å². The summed E-state index contributed by atoms with van der Waals surface area (Å²) in [4.78, 5) is 4.81. The molecule has 0 aliphatic carbocycles. The Morgan fingerprint density at radius 2 is 1.79 bits per heavy atom. The van der Waals surface area contributed by atoms with Crippen LogP contribution in [-0.2, 0) is 13.0 Å². The fourth-order valence-corrected chi connectivity index (χ4v) is 3.66. The van der Waals surface area contributed by atoms with Gasteiger partial charge in [-0.15, -0.1) is 6.58 Å². The van der Waals surface area contributed by atoms with Crippen LogP contribution >= 0.6 is 0 Å². The molecule has 2 rings (SSSR count). The van der Waals surface area contributed by atoms with Crippen LogP contribution in [0.3, 0.4) is 0 Å². The van der Waals surface area contributed by atoms with Crippen molar-refractivity contribution in [1.29, 1.82) is 0 Å². The first-order valence-corrected chi connectivity index (χ1v) is 10.2. The summed E-state index contributed by atoms with van der Waals surface area (Å²) in [6, 6.07) is 6.34. The highest BCUT2D eigenvalue weighted by Gasteiger charge is 2.24. The van der Waals surface area contributed by atoms with Crippen molar-refractivity contribution in [2.45, 2.75) is 71.5 Å². The lowest BCUT2D eigenvalue weighted by molar-refractivity contribution is 0.175. The highest BCUT2D eigenvalue weighted by molar-refractivity contribution is 5.73. The van der Waals surface area contributed by atoms with Gasteiger partial charge >= 0.3 is 0 Å². The molecule has 1 aromatic heterocycles. The van der Waals surface area contributed by atoms with E-state index in [-0.39, 0.29) is 18.3 Å². The molecule has 28 heavy (non-hydrogen) atoms. The summed E-state index contributed by atoms with van der Waals surface area (Å²) < 4.78 is 13.5. The van der Waals surface area contributed by atoms with Crippen LogP contribution in [0.5, 0.6) is 0 Å². The van der Waals surface area contributed by atoms with Crippen LogP contribution in [-0.4, -0.2) is 15.2 Å². The van der Waals surface area contributed by atoms with Gasteiger partial charge < -0.3 is 10.2 Å². The number of pyridine rings is 1. The molecule has 0 fully saturated rings. The van der Waals surface area contributed by atoms with E-state index in [1.165, 1.54) is 12.1 Å². The van der Waals surface area contributed by atoms with Gasteiger partial charge in [0, 0.05) is 11.3 Å². The van der Waals surface area contributed by atoms with Crippen LogP contribution in [0.25, 0.3) is 11.1 Å². The van der Waals surface area contributed by atoms with E-state index >= 15 is 0 Å². The summed E-state index contributed by atoms with van der Waals surface area (Å²) in [5, 5.41) is 21.0. The van der Waals surface area contributed by atoms with E-state index in [1.54, 1.807) is 18.2 Å². The maximum atomic E-state index is 13.5. The van der Waals surface area contributed by atoms with Crippen molar-refractivity contribution in [3.05, 3.63) is 65.3 Å². The van der Waals surface area contributed by atoms with Crippen molar-refractivity contribution in [2.75, 3.05) is 0 Å². The quantitative estimate of drug-likeness (QED) is 0.399. The maximum Gasteiger partial charge on any atom is 0.123 e. The molecule has 0 bridgehead atoms. The summed E-state index contributed by atoms with van der Waals surface area (Å²) in [5.74, 6) is -0.215. The van der Waals surface area contributed by atoms with Crippen LogP contribution in [0.15, 0.2) is 36.9 Å². The van der Waals surface area contributed by atoms with E-state index in [9.17, 15) is 14.6 Å². The third-order valence-corrected chi connectivity index (χ3v) is 5.04. The van der Waals surface area contributed by atoms with Gasteiger partial charge in [-0.3, -0.25) is 4.98 Å². The first-order chi connectivity index (χ1) is 13.4. The maximum absolute atomic E-state index is 13.5. The number of nitrogens with zero attached hydrogens (tertiary/aromatic N) is 1. The molecule has 2 aromatic rings. The lowest BCUT2D eigenvalue weighted by Gasteiger charge is -2.24. The number of aliphatic hydroxyl groups excluding tert-OH is 2. The molecule has 2 N–H and O–H groups in total. The Morgan fingerprint density at radius 3 is 2.32 bits per heavy atom. The molecule has 0 amide bonds. The molecule has 0 spiro atoms. The predicted octanol–water partition coefficient (Wildman–Crippen LogP) is 5.85. The number of benzene rings is 1. The third-order valence-electron chi connectivity index (χ3n) is 5.04. The lowest BCUT2D eigenvalue weighted by Crippen LogP contribution is -2.14. The summed E-state index contributed by atoms with van der Waals surface area (Å²) in [6.45, 7) is 9.79. The fourth-order valence-electron chi connectivity index (χ4n) is 3.66. The Kier molecular flexibility index (Phi) is 8.34. The van der Waals surface area contributed by atoms with Gasteiger partial charge in [0.25, 0.3) is 0 Å². The summed E-state index contributed by atoms with van der Waals surface area (Å²) in [7, 11) is 0. The van der Waals surface area contributed by atoms with Crippen molar-refractivity contribution < 1.29 is 14.6 Å². The van der Waals surface area contributed by atoms with Crippen molar-refractivity contribution in [2.24, 2.45) is 0 Å². The highest BCUT2D eigenvalue weighted by Crippen LogP contribution is 2.37. The molecule has 1 heterocycles. The van der Waals surface area contributed by atoms with E-state index in [1.807, 2.05) is 13.8 Å². The average molecular weight is 386 g/mol. The fraction of sp³-hybridized carbons (Fsp3) is 0.458. The Bertz CT molecular complexity index is 784. The number of unbranched alkanes of at least 4 members (excludes halogenated alkanes) is 2. The van der Waals surface area contributed by atoms with E-state index in [0.29, 0.717) is 12.1 Å². The SMILES string of the molecule is C=CCC(O)c1nc(C(C)C)c(CO)c(-c2ccc(F)cc2)c1CCCCC. The second-order valence-corrected chi connectivity index (χ2v) is 7.53. The minimum atomic E-state index is -0.751. The van der Waals surface area contributed by atoms with Gasteiger partial charge in [0.15, 0.2) is 0 Å². The van der Waals surface area contributed by atoms with Crippen molar-refractivity contribution in [3.63, 3.8) is 0 Å². The number of aromatic nitrogens is 1. The molecule has 0 saturated carbocycles. The van der Waals surface area contributed by atoms with Crippen molar-refractivity contribution >= 4 is 0 Å². The van der Waals surface area contributed by atoms with Crippen LogP contribution in [0, 0.1) is 5.82 Å². The topological polar surface area (TPSA) is 53.4 Å². The first kappa shape index (κ1) is 22.3. The molecule has 0 saturated heterocycles. The molecule has 1 unspecified atom stereocenters. The zero-order chi connectivity index (χ0) is 20.7. The van der Waals surface area contributed by atoms with Gasteiger partial charge in [0.05, 0.1) is 18.4 Å². The second-order valence-electron chi connectivity index (χ2n) is 7.53. The molecular weight excluding hydrogens is 353 g/mol. The Labute approximate surface area is 168 Å². The number of rotatable bonds is 10. The first-order valence-electron chi connectivity index (χ1n) is 10.2. The molecular formula is C24H32FNO2. The normalized spacial score (nSPS) is 12.4. The van der Waals surface area contributed by atoms with Gasteiger partial charge in [-0.1, -0.05) is 51.8 Å². The van der Waals surface area contributed by atoms with Crippen molar-refractivity contribution in [3.8, 4) is 11.1 Å². The van der Waals surface area contributed by atoms with E-state index in [2.05, 4.69) is 13.5 Å². The zero-order valence-corrected chi connectivity index (χ0v) is 17.2. The minimum absolute atomic E-state index is 0.0840. The molecule has 3 nitrogen and oxygen atoms in total.